The van der Waals surface area contributed by atoms with Crippen LogP contribution in [0.2, 0.25) is 0 Å². The maximum Gasteiger partial charge on any atom is 0.245 e. The number of sulfonamides is 1. The van der Waals surface area contributed by atoms with Gasteiger partial charge in [-0.15, -0.1) is 0 Å². The van der Waals surface area contributed by atoms with Crippen LogP contribution in [0.5, 0.6) is 0 Å². The predicted molar refractivity (Wildman–Crippen MR) is 106 cm³/mol. The number of nitrogens with zero attached hydrogens (tertiary/aromatic N) is 1. The Balaban J connectivity index is 2.33. The van der Waals surface area contributed by atoms with Crippen LogP contribution in [0.3, 0.4) is 0 Å². The minimum Gasteiger partial charge on any atom is -0.324 e. The van der Waals surface area contributed by atoms with Crippen LogP contribution >= 0.6 is 15.9 Å². The number of hydrogen-bond donors (Lipinski definition) is 1. The van der Waals surface area contributed by atoms with E-state index in [1.165, 1.54) is 0 Å². The van der Waals surface area contributed by atoms with Crippen LogP contribution in [-0.4, -0.2) is 27.1 Å². The SMILES string of the molecule is Cc1cc(C)c(N(CC(=O)Nc2cccc(Br)c2)S(C)(=O)=O)c(C)c1. The molecule has 7 heteroatoms. The number of nitrogens with one attached hydrogen (secondary N) is 1. The fourth-order valence-corrected chi connectivity index (χ4v) is 4.20. The number of carbonyl (C=O) groups is 1. The first kappa shape index (κ1) is 19.5. The lowest BCUT2D eigenvalue weighted by Crippen LogP contribution is -2.38. The molecule has 0 aliphatic heterocycles. The quantitative estimate of drug-likeness (QED) is 0.793. The number of rotatable bonds is 5. The molecule has 2 rings (SSSR count). The zero-order valence-electron chi connectivity index (χ0n) is 14.6. The molecule has 5 nitrogen and oxygen atoms in total. The van der Waals surface area contributed by atoms with E-state index in [0.29, 0.717) is 11.4 Å². The van der Waals surface area contributed by atoms with E-state index in [-0.39, 0.29) is 6.54 Å². The third-order valence-corrected chi connectivity index (χ3v) is 5.29. The third-order valence-electron chi connectivity index (χ3n) is 3.68. The maximum atomic E-state index is 12.4. The van der Waals surface area contributed by atoms with Crippen molar-refractivity contribution in [3.8, 4) is 0 Å². The summed E-state index contributed by atoms with van der Waals surface area (Å²) in [7, 11) is -3.61. The molecule has 0 aliphatic carbocycles. The average Bonchev–Trinajstić information content (AvgIpc) is 2.44. The van der Waals surface area contributed by atoms with Crippen LogP contribution in [0, 0.1) is 20.8 Å². The van der Waals surface area contributed by atoms with Crippen molar-refractivity contribution in [2.75, 3.05) is 22.4 Å². The standard InChI is InChI=1S/C18H21BrN2O3S/c1-12-8-13(2)18(14(3)9-12)21(25(4,23)24)11-17(22)20-16-7-5-6-15(19)10-16/h5-10H,11H2,1-4H3,(H,20,22). The number of carbonyl (C=O) groups excluding carboxylic acids is 1. The molecule has 0 aromatic heterocycles. The van der Waals surface area contributed by atoms with Crippen molar-refractivity contribution in [2.24, 2.45) is 0 Å². The Morgan fingerprint density at radius 2 is 1.72 bits per heavy atom. The Bertz CT molecular complexity index is 887. The zero-order valence-corrected chi connectivity index (χ0v) is 17.0. The fraction of sp³-hybridized carbons (Fsp3) is 0.278. The van der Waals surface area contributed by atoms with Gasteiger partial charge >= 0.3 is 0 Å². The Hall–Kier alpha value is -1.86. The molecule has 0 spiro atoms. The first-order valence-corrected chi connectivity index (χ1v) is 10.3. The van der Waals surface area contributed by atoms with Crippen LogP contribution in [0.25, 0.3) is 0 Å². The zero-order chi connectivity index (χ0) is 18.8. The molecule has 0 fully saturated rings. The smallest absolute Gasteiger partial charge is 0.245 e. The van der Waals surface area contributed by atoms with Gasteiger partial charge in [-0.3, -0.25) is 9.10 Å². The second-order valence-electron chi connectivity index (χ2n) is 6.08. The minimum absolute atomic E-state index is 0.282. The van der Waals surface area contributed by atoms with Crippen LogP contribution < -0.4 is 9.62 Å². The molecular formula is C18H21BrN2O3S. The van der Waals surface area contributed by atoms with E-state index in [4.69, 9.17) is 0 Å². The van der Waals surface area contributed by atoms with E-state index in [1.807, 2.05) is 39.0 Å². The Labute approximate surface area is 157 Å². The number of amides is 1. The van der Waals surface area contributed by atoms with Crippen molar-refractivity contribution < 1.29 is 13.2 Å². The molecule has 0 radical (unpaired) electrons. The van der Waals surface area contributed by atoms with Gasteiger partial charge in [0.25, 0.3) is 0 Å². The largest absolute Gasteiger partial charge is 0.324 e. The molecule has 2 aromatic rings. The van der Waals surface area contributed by atoms with Gasteiger partial charge in [0, 0.05) is 10.2 Å². The molecule has 2 aromatic carbocycles. The van der Waals surface area contributed by atoms with Crippen molar-refractivity contribution >= 4 is 43.2 Å². The molecule has 1 N–H and O–H groups in total. The highest BCUT2D eigenvalue weighted by atomic mass is 79.9. The minimum atomic E-state index is -3.61. The summed E-state index contributed by atoms with van der Waals surface area (Å²) in [5.41, 5.74) is 3.84. The van der Waals surface area contributed by atoms with Gasteiger partial charge < -0.3 is 5.32 Å². The highest BCUT2D eigenvalue weighted by Crippen LogP contribution is 2.28. The predicted octanol–water partition coefficient (Wildman–Crippen LogP) is 3.78. The summed E-state index contributed by atoms with van der Waals surface area (Å²) in [6.45, 7) is 5.37. The van der Waals surface area contributed by atoms with E-state index < -0.39 is 15.9 Å². The molecular weight excluding hydrogens is 404 g/mol. The second-order valence-corrected chi connectivity index (χ2v) is 8.90. The fourth-order valence-electron chi connectivity index (χ4n) is 2.83. The highest BCUT2D eigenvalue weighted by molar-refractivity contribution is 9.10. The van der Waals surface area contributed by atoms with Gasteiger partial charge in [-0.25, -0.2) is 8.42 Å². The van der Waals surface area contributed by atoms with E-state index in [9.17, 15) is 13.2 Å². The summed E-state index contributed by atoms with van der Waals surface area (Å²) in [6, 6.07) is 11.0. The van der Waals surface area contributed by atoms with Crippen LogP contribution in [0.15, 0.2) is 40.9 Å². The monoisotopic (exact) mass is 424 g/mol. The molecule has 0 heterocycles. The first-order valence-electron chi connectivity index (χ1n) is 7.69. The van der Waals surface area contributed by atoms with E-state index in [1.54, 1.807) is 18.2 Å². The summed E-state index contributed by atoms with van der Waals surface area (Å²) in [5.74, 6) is -0.400. The Morgan fingerprint density at radius 3 is 2.24 bits per heavy atom. The average molecular weight is 425 g/mol. The van der Waals surface area contributed by atoms with Gasteiger partial charge in [0.05, 0.1) is 11.9 Å². The van der Waals surface area contributed by atoms with Gasteiger partial charge in [0.15, 0.2) is 0 Å². The van der Waals surface area contributed by atoms with Crippen molar-refractivity contribution in [1.29, 1.82) is 0 Å². The third kappa shape index (κ3) is 5.06. The Morgan fingerprint density at radius 1 is 1.12 bits per heavy atom. The van der Waals surface area contributed by atoms with Crippen LogP contribution in [0.1, 0.15) is 16.7 Å². The topological polar surface area (TPSA) is 66.5 Å². The van der Waals surface area contributed by atoms with Gasteiger partial charge in [-0.1, -0.05) is 39.7 Å². The van der Waals surface area contributed by atoms with E-state index in [0.717, 1.165) is 31.7 Å². The maximum absolute atomic E-state index is 12.4. The number of halogens is 1. The lowest BCUT2D eigenvalue weighted by Gasteiger charge is -2.26. The van der Waals surface area contributed by atoms with E-state index >= 15 is 0 Å². The van der Waals surface area contributed by atoms with Gasteiger partial charge in [-0.2, -0.15) is 0 Å². The molecule has 134 valence electrons. The molecule has 0 atom stereocenters. The van der Waals surface area contributed by atoms with Crippen LogP contribution in [0.4, 0.5) is 11.4 Å². The van der Waals surface area contributed by atoms with Crippen molar-refractivity contribution in [1.82, 2.24) is 0 Å². The molecule has 1 amide bonds. The lowest BCUT2D eigenvalue weighted by atomic mass is 10.1. The number of hydrogen-bond acceptors (Lipinski definition) is 3. The molecule has 0 saturated heterocycles. The number of anilines is 2. The van der Waals surface area contributed by atoms with E-state index in [2.05, 4.69) is 21.2 Å². The van der Waals surface area contributed by atoms with Crippen molar-refractivity contribution in [2.45, 2.75) is 20.8 Å². The summed E-state index contributed by atoms with van der Waals surface area (Å²) in [5, 5.41) is 2.73. The highest BCUT2D eigenvalue weighted by Gasteiger charge is 2.24. The molecule has 0 unspecified atom stereocenters. The second kappa shape index (κ2) is 7.58. The molecule has 25 heavy (non-hydrogen) atoms. The summed E-state index contributed by atoms with van der Waals surface area (Å²) >= 11 is 3.34. The van der Waals surface area contributed by atoms with Crippen LogP contribution in [-0.2, 0) is 14.8 Å². The summed E-state index contributed by atoms with van der Waals surface area (Å²) < 4.78 is 26.6. The number of aryl methyl sites for hydroxylation is 3. The normalized spacial score (nSPS) is 11.2. The Kier molecular flexibility index (Phi) is 5.90. The van der Waals surface area contributed by atoms with Gasteiger partial charge in [0.1, 0.15) is 6.54 Å². The molecule has 0 saturated carbocycles. The number of benzene rings is 2. The lowest BCUT2D eigenvalue weighted by molar-refractivity contribution is -0.114. The van der Waals surface area contributed by atoms with Gasteiger partial charge in [0.2, 0.25) is 15.9 Å². The molecule has 0 bridgehead atoms. The summed E-state index contributed by atoms with van der Waals surface area (Å²) in [6.07, 6.45) is 1.11. The summed E-state index contributed by atoms with van der Waals surface area (Å²) in [4.78, 5) is 12.4. The molecule has 0 aliphatic rings. The van der Waals surface area contributed by atoms with Crippen molar-refractivity contribution in [3.05, 3.63) is 57.6 Å². The first-order chi connectivity index (χ1) is 11.6. The van der Waals surface area contributed by atoms with Gasteiger partial charge in [-0.05, 0) is 50.1 Å². The van der Waals surface area contributed by atoms with Crippen molar-refractivity contribution in [3.63, 3.8) is 0 Å².